The number of aromatic nitrogens is 1. The molecule has 1 amide bonds. The fourth-order valence-corrected chi connectivity index (χ4v) is 1.82. The molecule has 17 heavy (non-hydrogen) atoms. The predicted molar refractivity (Wildman–Crippen MR) is 69.0 cm³/mol. The van der Waals surface area contributed by atoms with Crippen LogP contribution in [0.25, 0.3) is 0 Å². The van der Waals surface area contributed by atoms with Gasteiger partial charge in [-0.25, -0.2) is 4.98 Å². The van der Waals surface area contributed by atoms with E-state index in [2.05, 4.69) is 4.98 Å². The van der Waals surface area contributed by atoms with Gasteiger partial charge in [0.25, 0.3) is 0 Å². The van der Waals surface area contributed by atoms with Gasteiger partial charge in [-0.15, -0.1) is 0 Å². The van der Waals surface area contributed by atoms with Crippen LogP contribution in [0, 0.1) is 0 Å². The van der Waals surface area contributed by atoms with E-state index in [1.54, 1.807) is 12.3 Å². The quantitative estimate of drug-likeness (QED) is 0.838. The second-order valence-corrected chi connectivity index (χ2v) is 4.86. The van der Waals surface area contributed by atoms with Crippen molar-refractivity contribution in [2.75, 3.05) is 6.54 Å². The minimum atomic E-state index is -0.364. The summed E-state index contributed by atoms with van der Waals surface area (Å²) in [7, 11) is 0. The Kier molecular flexibility index (Phi) is 5.18. The molecular formula is C11H15Cl2N3O. The number of nitrogens with zero attached hydrogens (tertiary/aromatic N) is 2. The van der Waals surface area contributed by atoms with Crippen LogP contribution in [0.2, 0.25) is 10.2 Å². The van der Waals surface area contributed by atoms with Gasteiger partial charge in [-0.3, -0.25) is 9.69 Å². The summed E-state index contributed by atoms with van der Waals surface area (Å²) in [4.78, 5) is 16.8. The minimum Gasteiger partial charge on any atom is -0.369 e. The molecule has 0 unspecified atom stereocenters. The Hall–Kier alpha value is -0.840. The largest absolute Gasteiger partial charge is 0.369 e. The molecule has 6 heteroatoms. The molecule has 0 fully saturated rings. The third-order valence-electron chi connectivity index (χ3n) is 2.36. The third kappa shape index (κ3) is 4.50. The third-order valence-corrected chi connectivity index (χ3v) is 2.92. The van der Waals surface area contributed by atoms with Crippen LogP contribution in [0.4, 0.5) is 0 Å². The van der Waals surface area contributed by atoms with Gasteiger partial charge in [0, 0.05) is 29.4 Å². The van der Waals surface area contributed by atoms with Crippen LogP contribution in [-0.4, -0.2) is 28.4 Å². The van der Waals surface area contributed by atoms with Gasteiger partial charge in [0.05, 0.1) is 6.54 Å². The summed E-state index contributed by atoms with van der Waals surface area (Å²) in [6, 6.07) is 1.77. The lowest BCUT2D eigenvalue weighted by molar-refractivity contribution is -0.119. The molecule has 0 aliphatic carbocycles. The summed E-state index contributed by atoms with van der Waals surface area (Å²) < 4.78 is 0. The van der Waals surface area contributed by atoms with E-state index in [-0.39, 0.29) is 18.5 Å². The summed E-state index contributed by atoms with van der Waals surface area (Å²) in [6.07, 6.45) is 1.61. The maximum absolute atomic E-state index is 11.0. The van der Waals surface area contributed by atoms with Crippen molar-refractivity contribution in [2.24, 2.45) is 5.73 Å². The number of amides is 1. The van der Waals surface area contributed by atoms with Crippen molar-refractivity contribution in [1.82, 2.24) is 9.88 Å². The smallest absolute Gasteiger partial charge is 0.231 e. The molecule has 94 valence electrons. The number of hydrogen-bond donors (Lipinski definition) is 1. The molecule has 1 aromatic rings. The van der Waals surface area contributed by atoms with E-state index < -0.39 is 0 Å². The van der Waals surface area contributed by atoms with Crippen LogP contribution >= 0.6 is 23.2 Å². The van der Waals surface area contributed by atoms with Crippen LogP contribution in [0.5, 0.6) is 0 Å². The molecule has 0 radical (unpaired) electrons. The van der Waals surface area contributed by atoms with E-state index in [0.717, 1.165) is 5.56 Å². The van der Waals surface area contributed by atoms with Crippen LogP contribution in [0.3, 0.4) is 0 Å². The summed E-state index contributed by atoms with van der Waals surface area (Å²) in [5, 5.41) is 0.893. The highest BCUT2D eigenvalue weighted by Crippen LogP contribution is 2.20. The Bertz CT molecular complexity index is 410. The molecule has 1 heterocycles. The van der Waals surface area contributed by atoms with Gasteiger partial charge in [0.2, 0.25) is 5.91 Å². The lowest BCUT2D eigenvalue weighted by Gasteiger charge is -2.25. The zero-order valence-electron chi connectivity index (χ0n) is 9.78. The Morgan fingerprint density at radius 3 is 2.65 bits per heavy atom. The van der Waals surface area contributed by atoms with Crippen LogP contribution in [-0.2, 0) is 11.3 Å². The zero-order chi connectivity index (χ0) is 13.0. The van der Waals surface area contributed by atoms with E-state index in [0.29, 0.717) is 16.7 Å². The predicted octanol–water partition coefficient (Wildman–Crippen LogP) is 2.08. The van der Waals surface area contributed by atoms with Gasteiger partial charge >= 0.3 is 0 Å². The first-order valence-corrected chi connectivity index (χ1v) is 5.98. The lowest BCUT2D eigenvalue weighted by atomic mass is 10.2. The lowest BCUT2D eigenvalue weighted by Crippen LogP contribution is -2.38. The molecule has 4 nitrogen and oxygen atoms in total. The monoisotopic (exact) mass is 275 g/mol. The van der Waals surface area contributed by atoms with Crippen LogP contribution in [0.15, 0.2) is 12.3 Å². The van der Waals surface area contributed by atoms with E-state index in [1.165, 1.54) is 0 Å². The summed E-state index contributed by atoms with van der Waals surface area (Å²) >= 11 is 11.8. The van der Waals surface area contributed by atoms with Crippen LogP contribution in [0.1, 0.15) is 19.4 Å². The SMILES string of the molecule is CC(C)N(CC(N)=O)Cc1cnc(Cl)cc1Cl. The van der Waals surface area contributed by atoms with Gasteiger partial charge in [0.15, 0.2) is 0 Å². The number of nitrogens with two attached hydrogens (primary N) is 1. The van der Waals surface area contributed by atoms with Crippen molar-refractivity contribution >= 4 is 29.1 Å². The second kappa shape index (κ2) is 6.19. The molecule has 0 atom stereocenters. The van der Waals surface area contributed by atoms with E-state index in [1.807, 2.05) is 18.7 Å². The molecular weight excluding hydrogens is 261 g/mol. The zero-order valence-corrected chi connectivity index (χ0v) is 11.3. The number of carbonyl (C=O) groups is 1. The van der Waals surface area contributed by atoms with Gasteiger partial charge in [-0.05, 0) is 19.9 Å². The fourth-order valence-electron chi connectivity index (χ4n) is 1.39. The molecule has 0 spiro atoms. The van der Waals surface area contributed by atoms with Gasteiger partial charge in [-0.2, -0.15) is 0 Å². The highest BCUT2D eigenvalue weighted by Gasteiger charge is 2.14. The van der Waals surface area contributed by atoms with Gasteiger partial charge < -0.3 is 5.73 Å². The van der Waals surface area contributed by atoms with Gasteiger partial charge in [0.1, 0.15) is 5.15 Å². The van der Waals surface area contributed by atoms with Crippen molar-refractivity contribution in [3.05, 3.63) is 28.0 Å². The Morgan fingerprint density at radius 2 is 2.18 bits per heavy atom. The first-order chi connectivity index (χ1) is 7.90. The fraction of sp³-hybridized carbons (Fsp3) is 0.455. The van der Waals surface area contributed by atoms with Crippen molar-refractivity contribution in [2.45, 2.75) is 26.4 Å². The minimum absolute atomic E-state index is 0.189. The maximum Gasteiger partial charge on any atom is 0.231 e. The first-order valence-electron chi connectivity index (χ1n) is 5.22. The summed E-state index contributed by atoms with van der Waals surface area (Å²) in [6.45, 7) is 4.68. The highest BCUT2D eigenvalue weighted by atomic mass is 35.5. The average Bonchev–Trinajstić information content (AvgIpc) is 2.19. The highest BCUT2D eigenvalue weighted by molar-refractivity contribution is 6.34. The molecule has 0 aliphatic rings. The van der Waals surface area contributed by atoms with Crippen molar-refractivity contribution in [1.29, 1.82) is 0 Å². The number of primary amides is 1. The average molecular weight is 276 g/mol. The molecule has 0 saturated carbocycles. The molecule has 2 N–H and O–H groups in total. The van der Waals surface area contributed by atoms with E-state index >= 15 is 0 Å². The standard InChI is InChI=1S/C11H15Cl2N3O/c1-7(2)16(6-11(14)17)5-8-4-15-10(13)3-9(8)12/h3-4,7H,5-6H2,1-2H3,(H2,14,17). The van der Waals surface area contributed by atoms with E-state index in [9.17, 15) is 4.79 Å². The van der Waals surface area contributed by atoms with Crippen molar-refractivity contribution in [3.63, 3.8) is 0 Å². The molecule has 0 bridgehead atoms. The number of rotatable bonds is 5. The Balaban J connectivity index is 2.82. The first kappa shape index (κ1) is 14.2. The van der Waals surface area contributed by atoms with Crippen LogP contribution < -0.4 is 5.73 Å². The second-order valence-electron chi connectivity index (χ2n) is 4.06. The Morgan fingerprint density at radius 1 is 1.53 bits per heavy atom. The number of hydrogen-bond acceptors (Lipinski definition) is 3. The number of halogens is 2. The molecule has 1 rings (SSSR count). The maximum atomic E-state index is 11.0. The number of carbonyl (C=O) groups excluding carboxylic acids is 1. The van der Waals surface area contributed by atoms with Crippen molar-refractivity contribution in [3.8, 4) is 0 Å². The Labute approximate surface area is 111 Å². The molecule has 0 saturated heterocycles. The molecule has 0 aromatic carbocycles. The summed E-state index contributed by atoms with van der Waals surface area (Å²) in [5.74, 6) is -0.364. The number of pyridine rings is 1. The van der Waals surface area contributed by atoms with E-state index in [4.69, 9.17) is 28.9 Å². The van der Waals surface area contributed by atoms with Gasteiger partial charge in [-0.1, -0.05) is 23.2 Å². The van der Waals surface area contributed by atoms with Crippen molar-refractivity contribution < 1.29 is 4.79 Å². The topological polar surface area (TPSA) is 59.2 Å². The molecule has 1 aromatic heterocycles. The normalized spacial score (nSPS) is 11.2. The molecule has 0 aliphatic heterocycles. The summed E-state index contributed by atoms with van der Waals surface area (Å²) in [5.41, 5.74) is 6.02.